The topological polar surface area (TPSA) is 65.1 Å². The molecular formula is C31H36N4O3. The van der Waals surface area contributed by atoms with Crippen LogP contribution in [0.15, 0.2) is 72.8 Å². The quantitative estimate of drug-likeness (QED) is 0.446. The molecule has 0 aromatic heterocycles. The number of carbonyl (C=O) groups is 2. The van der Waals surface area contributed by atoms with Crippen LogP contribution in [-0.4, -0.2) is 60.9 Å². The van der Waals surface area contributed by atoms with E-state index in [0.717, 1.165) is 41.3 Å². The Bertz CT molecular complexity index is 1280. The van der Waals surface area contributed by atoms with Gasteiger partial charge in [-0.05, 0) is 55.3 Å². The predicted molar refractivity (Wildman–Crippen MR) is 151 cm³/mol. The molecule has 198 valence electrons. The van der Waals surface area contributed by atoms with E-state index in [0.29, 0.717) is 37.7 Å². The number of piperazine rings is 1. The number of fused-ring (bicyclic) bond motifs is 1. The minimum atomic E-state index is -0.227. The second-order valence-electron chi connectivity index (χ2n) is 10.2. The third-order valence-electron chi connectivity index (χ3n) is 7.13. The largest absolute Gasteiger partial charge is 0.492 e. The summed E-state index contributed by atoms with van der Waals surface area (Å²) in [4.78, 5) is 32.4. The van der Waals surface area contributed by atoms with Crippen LogP contribution in [0.25, 0.3) is 0 Å². The second-order valence-corrected chi connectivity index (χ2v) is 10.2. The van der Waals surface area contributed by atoms with Crippen LogP contribution in [0, 0.1) is 5.92 Å². The van der Waals surface area contributed by atoms with Crippen LogP contribution in [0.1, 0.15) is 53.2 Å². The predicted octanol–water partition coefficient (Wildman–Crippen LogP) is 5.27. The Kier molecular flexibility index (Phi) is 7.54. The molecule has 0 bridgehead atoms. The van der Waals surface area contributed by atoms with Gasteiger partial charge in [-0.1, -0.05) is 44.2 Å². The summed E-state index contributed by atoms with van der Waals surface area (Å²) in [5.74, 6) is 1.33. The third kappa shape index (κ3) is 5.19. The first-order valence-electron chi connectivity index (χ1n) is 13.5. The monoisotopic (exact) mass is 512 g/mol. The van der Waals surface area contributed by atoms with Crippen molar-refractivity contribution >= 4 is 23.2 Å². The van der Waals surface area contributed by atoms with Gasteiger partial charge in [0, 0.05) is 55.1 Å². The number of carbonyl (C=O) groups excluding carboxylic acids is 2. The molecule has 2 heterocycles. The molecule has 1 fully saturated rings. The highest BCUT2D eigenvalue weighted by Gasteiger charge is 2.36. The van der Waals surface area contributed by atoms with Gasteiger partial charge in [-0.2, -0.15) is 0 Å². The van der Waals surface area contributed by atoms with E-state index < -0.39 is 0 Å². The molecule has 0 radical (unpaired) electrons. The van der Waals surface area contributed by atoms with Crippen molar-refractivity contribution in [3.8, 4) is 5.75 Å². The molecule has 7 heteroatoms. The number of anilines is 2. The summed E-state index contributed by atoms with van der Waals surface area (Å²) in [6.45, 7) is 10.3. The molecule has 3 aromatic carbocycles. The average Bonchev–Trinajstić information content (AvgIpc) is 3.19. The van der Waals surface area contributed by atoms with Crippen LogP contribution in [-0.2, 0) is 0 Å². The number of amides is 2. The van der Waals surface area contributed by atoms with Crippen molar-refractivity contribution in [1.82, 2.24) is 9.80 Å². The number of benzene rings is 3. The number of para-hydroxylation sites is 2. The molecule has 38 heavy (non-hydrogen) atoms. The van der Waals surface area contributed by atoms with E-state index in [-0.39, 0.29) is 18.0 Å². The van der Waals surface area contributed by atoms with Crippen molar-refractivity contribution in [1.29, 1.82) is 0 Å². The maximum Gasteiger partial charge on any atom is 0.256 e. The van der Waals surface area contributed by atoms with Crippen molar-refractivity contribution < 1.29 is 14.3 Å². The molecule has 2 amide bonds. The highest BCUT2D eigenvalue weighted by molar-refractivity contribution is 5.99. The van der Waals surface area contributed by atoms with Gasteiger partial charge in [0.1, 0.15) is 11.9 Å². The Labute approximate surface area is 225 Å². The van der Waals surface area contributed by atoms with Gasteiger partial charge >= 0.3 is 0 Å². The fraction of sp³-hybridized carbons (Fsp3) is 0.355. The fourth-order valence-electron chi connectivity index (χ4n) is 5.30. The maximum atomic E-state index is 13.3. The molecule has 1 saturated heterocycles. The molecule has 3 aromatic rings. The maximum absolute atomic E-state index is 13.3. The van der Waals surface area contributed by atoms with Crippen LogP contribution < -0.4 is 15.0 Å². The summed E-state index contributed by atoms with van der Waals surface area (Å²) in [5, 5.41) is 3.53. The Morgan fingerprint density at radius 2 is 1.63 bits per heavy atom. The Morgan fingerprint density at radius 3 is 2.34 bits per heavy atom. The van der Waals surface area contributed by atoms with E-state index in [1.54, 1.807) is 0 Å². The number of ether oxygens (including phenoxy) is 1. The van der Waals surface area contributed by atoms with Gasteiger partial charge in [0.25, 0.3) is 11.8 Å². The van der Waals surface area contributed by atoms with E-state index in [1.165, 1.54) is 0 Å². The Morgan fingerprint density at radius 1 is 0.947 bits per heavy atom. The Hall–Kier alpha value is -4.00. The van der Waals surface area contributed by atoms with Crippen molar-refractivity contribution in [3.05, 3.63) is 89.5 Å². The van der Waals surface area contributed by atoms with Gasteiger partial charge in [0.15, 0.2) is 0 Å². The number of nitrogens with one attached hydrogen (secondary N) is 1. The molecule has 0 saturated carbocycles. The van der Waals surface area contributed by atoms with Crippen LogP contribution in [0.3, 0.4) is 0 Å². The first-order chi connectivity index (χ1) is 18.5. The van der Waals surface area contributed by atoms with Gasteiger partial charge in [-0.3, -0.25) is 9.59 Å². The minimum Gasteiger partial charge on any atom is -0.492 e. The molecule has 1 atom stereocenters. The summed E-state index contributed by atoms with van der Waals surface area (Å²) in [6.07, 6.45) is -0.227. The lowest BCUT2D eigenvalue weighted by Gasteiger charge is -2.36. The smallest absolute Gasteiger partial charge is 0.256 e. The molecular weight excluding hydrogens is 476 g/mol. The van der Waals surface area contributed by atoms with Crippen molar-refractivity contribution in [2.24, 2.45) is 5.92 Å². The van der Waals surface area contributed by atoms with Crippen molar-refractivity contribution in [3.63, 3.8) is 0 Å². The minimum absolute atomic E-state index is 0.0390. The number of rotatable bonds is 8. The fourth-order valence-corrected chi connectivity index (χ4v) is 5.30. The summed E-state index contributed by atoms with van der Waals surface area (Å²) in [5.41, 5.74) is 4.36. The SMILES string of the molecule is CCOc1ccccc1N1CCN(C(=O)c2ccc(NC3c4ccccc4C(=O)N3CC(C)C)cc2)CC1. The molecule has 0 spiro atoms. The number of hydrogen-bond donors (Lipinski definition) is 1. The zero-order valence-corrected chi connectivity index (χ0v) is 22.4. The summed E-state index contributed by atoms with van der Waals surface area (Å²) < 4.78 is 5.79. The van der Waals surface area contributed by atoms with Gasteiger partial charge in [-0.25, -0.2) is 0 Å². The third-order valence-corrected chi connectivity index (χ3v) is 7.13. The van der Waals surface area contributed by atoms with Crippen LogP contribution in [0.2, 0.25) is 0 Å². The van der Waals surface area contributed by atoms with E-state index in [2.05, 4.69) is 30.1 Å². The van der Waals surface area contributed by atoms with Crippen LogP contribution in [0.5, 0.6) is 5.75 Å². The van der Waals surface area contributed by atoms with E-state index in [4.69, 9.17) is 4.74 Å². The van der Waals surface area contributed by atoms with Crippen molar-refractivity contribution in [2.75, 3.05) is 49.5 Å². The summed E-state index contributed by atoms with van der Waals surface area (Å²) >= 11 is 0. The zero-order chi connectivity index (χ0) is 26.6. The Balaban J connectivity index is 1.24. The van der Waals surface area contributed by atoms with Crippen LogP contribution in [0.4, 0.5) is 11.4 Å². The first kappa shape index (κ1) is 25.6. The van der Waals surface area contributed by atoms with E-state index in [1.807, 2.05) is 83.5 Å². The first-order valence-corrected chi connectivity index (χ1v) is 13.5. The highest BCUT2D eigenvalue weighted by Crippen LogP contribution is 2.35. The van der Waals surface area contributed by atoms with E-state index in [9.17, 15) is 9.59 Å². The summed E-state index contributed by atoms with van der Waals surface area (Å²) in [6, 6.07) is 23.5. The molecule has 7 nitrogen and oxygen atoms in total. The molecule has 1 N–H and O–H groups in total. The molecule has 2 aliphatic heterocycles. The van der Waals surface area contributed by atoms with Crippen molar-refractivity contribution in [2.45, 2.75) is 26.9 Å². The molecule has 1 unspecified atom stereocenters. The second kappa shape index (κ2) is 11.2. The number of hydrogen-bond acceptors (Lipinski definition) is 5. The molecule has 2 aliphatic rings. The summed E-state index contributed by atoms with van der Waals surface area (Å²) in [7, 11) is 0. The van der Waals surface area contributed by atoms with E-state index >= 15 is 0 Å². The standard InChI is InChI=1S/C31H36N4O3/c1-4-38-28-12-8-7-11-27(28)33-17-19-34(20-18-33)30(36)23-13-15-24(16-14-23)32-29-25-9-5-6-10-26(25)31(37)35(29)21-22(2)3/h5-16,22,29,32H,4,17-21H2,1-3H3. The van der Waals surface area contributed by atoms with Crippen LogP contribution >= 0.6 is 0 Å². The molecule has 0 aliphatic carbocycles. The average molecular weight is 513 g/mol. The molecule has 5 rings (SSSR count). The van der Waals surface area contributed by atoms with Gasteiger partial charge in [-0.15, -0.1) is 0 Å². The van der Waals surface area contributed by atoms with Gasteiger partial charge < -0.3 is 24.8 Å². The lowest BCUT2D eigenvalue weighted by Crippen LogP contribution is -2.48. The van der Waals surface area contributed by atoms with Gasteiger partial charge in [0.05, 0.1) is 12.3 Å². The zero-order valence-electron chi connectivity index (χ0n) is 22.4. The lowest BCUT2D eigenvalue weighted by atomic mass is 10.1. The highest BCUT2D eigenvalue weighted by atomic mass is 16.5. The lowest BCUT2D eigenvalue weighted by molar-refractivity contribution is 0.0719. The number of nitrogens with zero attached hydrogens (tertiary/aromatic N) is 3. The normalized spacial score (nSPS) is 17.1. The van der Waals surface area contributed by atoms with Gasteiger partial charge in [0.2, 0.25) is 0 Å².